The average Bonchev–Trinajstić information content (AvgIpc) is 3.21. The van der Waals surface area contributed by atoms with E-state index in [-0.39, 0.29) is 5.56 Å². The minimum atomic E-state index is -1.58. The lowest BCUT2D eigenvalue weighted by molar-refractivity contribution is -0.124. The maximum Gasteiger partial charge on any atom is 0.256 e. The highest BCUT2D eigenvalue weighted by Gasteiger charge is 2.34. The molecule has 0 aliphatic rings. The molecule has 0 spiro atoms. The molecule has 28 heavy (non-hydrogen) atoms. The molecule has 2 heterocycles. The maximum absolute atomic E-state index is 12.8. The quantitative estimate of drug-likeness (QED) is 0.554. The van der Waals surface area contributed by atoms with E-state index in [2.05, 4.69) is 10.3 Å². The number of aryl methyl sites for hydroxylation is 2. The molecule has 0 fully saturated rings. The summed E-state index contributed by atoms with van der Waals surface area (Å²) < 4.78 is 11.4. The molecular formula is C19H21N3O5S. The lowest BCUT2D eigenvalue weighted by Crippen LogP contribution is -2.57. The van der Waals surface area contributed by atoms with Crippen LogP contribution in [0, 0.1) is 13.8 Å². The van der Waals surface area contributed by atoms with Crippen LogP contribution in [0.2, 0.25) is 0 Å². The van der Waals surface area contributed by atoms with Crippen LogP contribution < -0.4 is 15.8 Å². The molecule has 1 unspecified atom stereocenters. The van der Waals surface area contributed by atoms with Crippen LogP contribution in [0.15, 0.2) is 28.8 Å². The summed E-state index contributed by atoms with van der Waals surface area (Å²) in [5.74, 6) is -0.458. The number of carbonyl (C=O) groups is 2. The summed E-state index contributed by atoms with van der Waals surface area (Å²) in [7, 11) is 0. The number of nitrogens with one attached hydrogen (secondary N) is 1. The van der Waals surface area contributed by atoms with Crippen LogP contribution in [-0.4, -0.2) is 34.1 Å². The van der Waals surface area contributed by atoms with E-state index >= 15 is 0 Å². The smallest absolute Gasteiger partial charge is 0.256 e. The van der Waals surface area contributed by atoms with Gasteiger partial charge in [0, 0.05) is 11.6 Å². The molecular weight excluding hydrogens is 382 g/mol. The van der Waals surface area contributed by atoms with Crippen molar-refractivity contribution >= 4 is 34.1 Å². The van der Waals surface area contributed by atoms with Crippen LogP contribution in [0.3, 0.4) is 0 Å². The van der Waals surface area contributed by atoms with Gasteiger partial charge in [0.25, 0.3) is 5.91 Å². The molecule has 0 radical (unpaired) electrons. The van der Waals surface area contributed by atoms with Crippen molar-refractivity contribution in [1.29, 1.82) is 0 Å². The Kier molecular flexibility index (Phi) is 5.39. The van der Waals surface area contributed by atoms with Crippen molar-refractivity contribution in [1.82, 2.24) is 10.3 Å². The van der Waals surface area contributed by atoms with Gasteiger partial charge in [-0.15, -0.1) is 11.3 Å². The highest BCUT2D eigenvalue weighted by Crippen LogP contribution is 2.30. The lowest BCUT2D eigenvalue weighted by Gasteiger charge is -2.24. The summed E-state index contributed by atoms with van der Waals surface area (Å²) >= 11 is 1.55. The van der Waals surface area contributed by atoms with Gasteiger partial charge in [-0.1, -0.05) is 0 Å². The molecule has 1 aromatic carbocycles. The number of nitrogens with two attached hydrogens (primary N) is 1. The zero-order valence-corrected chi connectivity index (χ0v) is 16.6. The highest BCUT2D eigenvalue weighted by molar-refractivity contribution is 7.11. The highest BCUT2D eigenvalue weighted by atomic mass is 32.1. The van der Waals surface area contributed by atoms with Gasteiger partial charge in [-0.25, -0.2) is 4.98 Å². The third-order valence-corrected chi connectivity index (χ3v) is 5.25. The fourth-order valence-corrected chi connectivity index (χ4v) is 3.40. The number of nitrogens with zero attached hydrogens (tertiary/aromatic N) is 1. The van der Waals surface area contributed by atoms with Gasteiger partial charge in [0.15, 0.2) is 0 Å². The number of hydrogen-bond acceptors (Lipinski definition) is 7. The number of benzene rings is 1. The first-order valence-electron chi connectivity index (χ1n) is 8.54. The van der Waals surface area contributed by atoms with Crippen LogP contribution in [0.25, 0.3) is 11.0 Å². The molecule has 2 aromatic heterocycles. The van der Waals surface area contributed by atoms with Gasteiger partial charge >= 0.3 is 0 Å². The van der Waals surface area contributed by atoms with E-state index in [1.807, 2.05) is 6.92 Å². The number of amides is 2. The zero-order chi connectivity index (χ0) is 20.5. The molecule has 148 valence electrons. The molecule has 1 atom stereocenters. The summed E-state index contributed by atoms with van der Waals surface area (Å²) in [5.41, 5.74) is 4.48. The van der Waals surface area contributed by atoms with Crippen molar-refractivity contribution in [2.24, 2.45) is 5.73 Å². The molecule has 0 aliphatic heterocycles. The Labute approximate surface area is 165 Å². The summed E-state index contributed by atoms with van der Waals surface area (Å²) in [4.78, 5) is 29.5. The predicted molar refractivity (Wildman–Crippen MR) is 104 cm³/mol. The second-order valence-corrected chi connectivity index (χ2v) is 7.95. The Bertz CT molecular complexity index is 1040. The van der Waals surface area contributed by atoms with Crippen LogP contribution in [0.1, 0.15) is 32.9 Å². The third kappa shape index (κ3) is 3.85. The average molecular weight is 403 g/mol. The Morgan fingerprint density at radius 3 is 2.75 bits per heavy atom. The Hall–Kier alpha value is -2.91. The number of aliphatic hydroxyl groups excluding tert-OH is 1. The summed E-state index contributed by atoms with van der Waals surface area (Å²) in [5, 5.41) is 13.4. The first kappa shape index (κ1) is 19.8. The topological polar surface area (TPSA) is 128 Å². The van der Waals surface area contributed by atoms with Gasteiger partial charge in [-0.3, -0.25) is 9.59 Å². The van der Waals surface area contributed by atoms with Crippen LogP contribution in [0.4, 0.5) is 0 Å². The van der Waals surface area contributed by atoms with Crippen LogP contribution >= 0.6 is 11.3 Å². The van der Waals surface area contributed by atoms with E-state index < -0.39 is 24.0 Å². The van der Waals surface area contributed by atoms with Gasteiger partial charge in [-0.2, -0.15) is 0 Å². The van der Waals surface area contributed by atoms with Crippen molar-refractivity contribution in [3.8, 4) is 5.75 Å². The van der Waals surface area contributed by atoms with Crippen molar-refractivity contribution < 1.29 is 23.8 Å². The number of fused-ring (bicyclic) bond motifs is 1. The van der Waals surface area contributed by atoms with Crippen molar-refractivity contribution in [3.63, 3.8) is 0 Å². The monoisotopic (exact) mass is 403 g/mol. The molecule has 8 nitrogen and oxygen atoms in total. The van der Waals surface area contributed by atoms with Crippen molar-refractivity contribution in [2.45, 2.75) is 32.9 Å². The molecule has 9 heteroatoms. The number of aromatic nitrogens is 1. The number of aliphatic hydroxyl groups is 1. The van der Waals surface area contributed by atoms with E-state index in [1.165, 1.54) is 6.92 Å². The minimum absolute atomic E-state index is 0.259. The number of hydrogen-bond donors (Lipinski definition) is 3. The summed E-state index contributed by atoms with van der Waals surface area (Å²) in [6.45, 7) is 4.67. The Morgan fingerprint density at radius 2 is 2.14 bits per heavy atom. The van der Waals surface area contributed by atoms with Gasteiger partial charge in [0.1, 0.15) is 29.2 Å². The predicted octanol–water partition coefficient (Wildman–Crippen LogP) is 2.05. The summed E-state index contributed by atoms with van der Waals surface area (Å²) in [6, 6.07) is 5.17. The number of ether oxygens (including phenoxy) is 1. The van der Waals surface area contributed by atoms with Gasteiger partial charge in [0.05, 0.1) is 22.1 Å². The van der Waals surface area contributed by atoms with Crippen molar-refractivity contribution in [3.05, 3.63) is 45.6 Å². The number of rotatable bonds is 7. The molecule has 4 N–H and O–H groups in total. The molecule has 0 saturated heterocycles. The molecule has 3 rings (SSSR count). The van der Waals surface area contributed by atoms with Crippen LogP contribution in [-0.2, 0) is 11.4 Å². The second-order valence-electron chi connectivity index (χ2n) is 6.63. The van der Waals surface area contributed by atoms with E-state index in [4.69, 9.17) is 14.9 Å². The third-order valence-electron chi connectivity index (χ3n) is 4.36. The van der Waals surface area contributed by atoms with E-state index in [9.17, 15) is 14.7 Å². The number of furan rings is 1. The van der Waals surface area contributed by atoms with Crippen molar-refractivity contribution in [2.75, 3.05) is 6.61 Å². The zero-order valence-electron chi connectivity index (χ0n) is 15.7. The lowest BCUT2D eigenvalue weighted by atomic mass is 10.0. The fraction of sp³-hybridized carbons (Fsp3) is 0.316. The normalized spacial score (nSPS) is 13.3. The van der Waals surface area contributed by atoms with Gasteiger partial charge in [0.2, 0.25) is 5.91 Å². The fourth-order valence-electron chi connectivity index (χ4n) is 2.69. The van der Waals surface area contributed by atoms with E-state index in [1.54, 1.807) is 42.7 Å². The summed E-state index contributed by atoms with van der Waals surface area (Å²) in [6.07, 6.45) is 1.76. The first-order valence-corrected chi connectivity index (χ1v) is 9.35. The number of primary amides is 1. The Morgan fingerprint density at radius 1 is 1.39 bits per heavy atom. The Balaban J connectivity index is 1.88. The van der Waals surface area contributed by atoms with Gasteiger partial charge in [-0.05, 0) is 39.0 Å². The molecule has 2 amide bonds. The standard InChI is InChI=1S/C19H21N3O5S/c1-10-16(17(24)22-19(3,9-23)18(20)25)14-6-12(4-5-15(14)27-10)26-8-13-7-21-11(2)28-13/h4-7,23H,8-9H2,1-3H3,(H2,20,25)(H,22,24). The largest absolute Gasteiger partial charge is 0.488 e. The molecule has 0 saturated carbocycles. The van der Waals surface area contributed by atoms with E-state index in [0.29, 0.717) is 29.1 Å². The number of thiazole rings is 1. The molecule has 0 bridgehead atoms. The SMILES string of the molecule is Cc1ncc(COc2ccc3oc(C)c(C(=O)NC(C)(CO)C(N)=O)c3c2)s1. The van der Waals surface area contributed by atoms with Crippen LogP contribution in [0.5, 0.6) is 5.75 Å². The minimum Gasteiger partial charge on any atom is -0.488 e. The second kappa shape index (κ2) is 7.61. The number of carbonyl (C=O) groups excluding carboxylic acids is 2. The van der Waals surface area contributed by atoms with E-state index in [0.717, 1.165) is 9.88 Å². The maximum atomic E-state index is 12.8. The first-order chi connectivity index (χ1) is 13.2. The van der Waals surface area contributed by atoms with Gasteiger partial charge < -0.3 is 25.3 Å². The molecule has 3 aromatic rings. The molecule has 0 aliphatic carbocycles.